The van der Waals surface area contributed by atoms with Crippen molar-refractivity contribution >= 4 is 22.9 Å². The molecule has 18 heavy (non-hydrogen) atoms. The van der Waals surface area contributed by atoms with Crippen LogP contribution in [0.4, 0.5) is 0 Å². The van der Waals surface area contributed by atoms with Crippen molar-refractivity contribution in [2.75, 3.05) is 6.61 Å². The van der Waals surface area contributed by atoms with E-state index in [1.54, 1.807) is 0 Å². The lowest BCUT2D eigenvalue weighted by Crippen LogP contribution is -2.02. The van der Waals surface area contributed by atoms with Gasteiger partial charge >= 0.3 is 0 Å². The SMILES string of the molecule is C1=Cc2ccc3c4c(ccc3c2CC1)OCC=C4. The molecule has 0 saturated heterocycles. The Balaban J connectivity index is 2.09. The molecule has 0 amide bonds. The lowest BCUT2D eigenvalue weighted by Gasteiger charge is -2.18. The van der Waals surface area contributed by atoms with Crippen molar-refractivity contribution in [3.05, 3.63) is 53.1 Å². The summed E-state index contributed by atoms with van der Waals surface area (Å²) in [6.45, 7) is 0.687. The van der Waals surface area contributed by atoms with Gasteiger partial charge in [0, 0.05) is 5.56 Å². The lowest BCUT2D eigenvalue weighted by atomic mass is 9.90. The van der Waals surface area contributed by atoms with Gasteiger partial charge in [-0.2, -0.15) is 0 Å². The molecule has 0 fully saturated rings. The third-order valence-corrected chi connectivity index (χ3v) is 3.83. The molecule has 0 unspecified atom stereocenters. The zero-order valence-electron chi connectivity index (χ0n) is 10.1. The number of hydrogen-bond donors (Lipinski definition) is 0. The highest BCUT2D eigenvalue weighted by Crippen LogP contribution is 2.35. The first kappa shape index (κ1) is 9.95. The summed E-state index contributed by atoms with van der Waals surface area (Å²) in [6, 6.07) is 8.78. The van der Waals surface area contributed by atoms with E-state index in [-0.39, 0.29) is 0 Å². The summed E-state index contributed by atoms with van der Waals surface area (Å²) in [5.74, 6) is 1.01. The van der Waals surface area contributed by atoms with Gasteiger partial charge in [0.2, 0.25) is 0 Å². The van der Waals surface area contributed by atoms with Crippen molar-refractivity contribution in [1.29, 1.82) is 0 Å². The van der Waals surface area contributed by atoms with E-state index in [0.717, 1.165) is 18.6 Å². The van der Waals surface area contributed by atoms with E-state index in [2.05, 4.69) is 48.6 Å². The molecule has 0 bridgehead atoms. The van der Waals surface area contributed by atoms with E-state index in [1.165, 1.54) is 27.5 Å². The Morgan fingerprint density at radius 1 is 0.889 bits per heavy atom. The van der Waals surface area contributed by atoms with Gasteiger partial charge in [0.1, 0.15) is 12.4 Å². The first-order chi connectivity index (χ1) is 8.93. The van der Waals surface area contributed by atoms with Gasteiger partial charge < -0.3 is 4.74 Å². The van der Waals surface area contributed by atoms with Crippen molar-refractivity contribution in [2.24, 2.45) is 0 Å². The van der Waals surface area contributed by atoms with Gasteiger partial charge in [-0.25, -0.2) is 0 Å². The van der Waals surface area contributed by atoms with E-state index >= 15 is 0 Å². The standard InChI is InChI=1S/C17H14O/c1-2-5-13-12(4-1)7-8-15-14(13)9-10-17-16(15)6-3-11-18-17/h1,3-4,6-10H,2,5,11H2. The summed E-state index contributed by atoms with van der Waals surface area (Å²) in [4.78, 5) is 0. The third-order valence-electron chi connectivity index (χ3n) is 3.83. The molecule has 0 N–H and O–H groups in total. The first-order valence-electron chi connectivity index (χ1n) is 6.48. The van der Waals surface area contributed by atoms with Crippen LogP contribution in [0.5, 0.6) is 5.75 Å². The molecule has 1 aliphatic heterocycles. The molecule has 0 spiro atoms. The maximum Gasteiger partial charge on any atom is 0.127 e. The van der Waals surface area contributed by atoms with Gasteiger partial charge in [0.05, 0.1) is 0 Å². The second-order valence-corrected chi connectivity index (χ2v) is 4.86. The van der Waals surface area contributed by atoms with E-state index in [9.17, 15) is 0 Å². The quantitative estimate of drug-likeness (QED) is 0.663. The van der Waals surface area contributed by atoms with E-state index < -0.39 is 0 Å². The molecule has 2 aromatic rings. The Hall–Kier alpha value is -2.02. The van der Waals surface area contributed by atoms with Crippen LogP contribution in [0.25, 0.3) is 22.9 Å². The summed E-state index contributed by atoms with van der Waals surface area (Å²) >= 11 is 0. The smallest absolute Gasteiger partial charge is 0.127 e. The summed E-state index contributed by atoms with van der Waals surface area (Å²) < 4.78 is 5.67. The number of ether oxygens (including phenoxy) is 1. The molecule has 0 radical (unpaired) electrons. The number of aryl methyl sites for hydroxylation is 1. The highest BCUT2D eigenvalue weighted by molar-refractivity contribution is 5.97. The van der Waals surface area contributed by atoms with Crippen molar-refractivity contribution in [3.63, 3.8) is 0 Å². The molecule has 4 rings (SSSR count). The first-order valence-corrected chi connectivity index (χ1v) is 6.48. The van der Waals surface area contributed by atoms with Crippen LogP contribution in [-0.4, -0.2) is 6.61 Å². The van der Waals surface area contributed by atoms with E-state index in [1.807, 2.05) is 0 Å². The Morgan fingerprint density at radius 2 is 1.83 bits per heavy atom. The molecule has 1 heteroatoms. The summed E-state index contributed by atoms with van der Waals surface area (Å²) in [5.41, 5.74) is 4.09. The fraction of sp³-hybridized carbons (Fsp3) is 0.176. The van der Waals surface area contributed by atoms with Gasteiger partial charge in [0.25, 0.3) is 0 Å². The fourth-order valence-corrected chi connectivity index (χ4v) is 2.96. The molecule has 2 aromatic carbocycles. The monoisotopic (exact) mass is 234 g/mol. The van der Waals surface area contributed by atoms with E-state index in [0.29, 0.717) is 6.61 Å². The van der Waals surface area contributed by atoms with Crippen molar-refractivity contribution in [1.82, 2.24) is 0 Å². The fourth-order valence-electron chi connectivity index (χ4n) is 2.96. The van der Waals surface area contributed by atoms with Gasteiger partial charge in [-0.3, -0.25) is 0 Å². The number of hydrogen-bond acceptors (Lipinski definition) is 1. The molecular formula is C17H14O. The number of benzene rings is 2. The number of fused-ring (bicyclic) bond motifs is 5. The topological polar surface area (TPSA) is 9.23 Å². The molecule has 0 saturated carbocycles. The van der Waals surface area contributed by atoms with Gasteiger partial charge in [0.15, 0.2) is 0 Å². The van der Waals surface area contributed by atoms with Crippen molar-refractivity contribution < 1.29 is 4.74 Å². The van der Waals surface area contributed by atoms with Crippen LogP contribution in [0.2, 0.25) is 0 Å². The van der Waals surface area contributed by atoms with Crippen LogP contribution in [0.1, 0.15) is 23.1 Å². The maximum atomic E-state index is 5.67. The minimum Gasteiger partial charge on any atom is -0.489 e. The maximum absolute atomic E-state index is 5.67. The van der Waals surface area contributed by atoms with Crippen LogP contribution in [0, 0.1) is 0 Å². The number of rotatable bonds is 0. The molecule has 1 nitrogen and oxygen atoms in total. The normalized spacial score (nSPS) is 16.2. The molecule has 1 heterocycles. The van der Waals surface area contributed by atoms with Crippen LogP contribution in [0.15, 0.2) is 36.4 Å². The summed E-state index contributed by atoms with van der Waals surface area (Å²) in [7, 11) is 0. The molecule has 0 aromatic heterocycles. The molecule has 0 atom stereocenters. The second kappa shape index (κ2) is 3.74. The van der Waals surface area contributed by atoms with Crippen LogP contribution < -0.4 is 4.74 Å². The molecule has 1 aliphatic carbocycles. The predicted octanol–water partition coefficient (Wildman–Crippen LogP) is 4.20. The molecule has 88 valence electrons. The van der Waals surface area contributed by atoms with Crippen LogP contribution in [-0.2, 0) is 6.42 Å². The van der Waals surface area contributed by atoms with E-state index in [4.69, 9.17) is 4.74 Å². The largest absolute Gasteiger partial charge is 0.489 e. The Labute approximate surface area is 106 Å². The van der Waals surface area contributed by atoms with Gasteiger partial charge in [-0.1, -0.05) is 36.4 Å². The molecule has 2 aliphatic rings. The zero-order valence-corrected chi connectivity index (χ0v) is 10.1. The number of allylic oxidation sites excluding steroid dienone is 1. The van der Waals surface area contributed by atoms with Crippen LogP contribution in [0.3, 0.4) is 0 Å². The second-order valence-electron chi connectivity index (χ2n) is 4.86. The average molecular weight is 234 g/mol. The summed E-state index contributed by atoms with van der Waals surface area (Å²) in [5, 5.41) is 2.70. The van der Waals surface area contributed by atoms with Crippen LogP contribution >= 0.6 is 0 Å². The highest BCUT2D eigenvalue weighted by atomic mass is 16.5. The molecular weight excluding hydrogens is 220 g/mol. The minimum atomic E-state index is 0.687. The zero-order chi connectivity index (χ0) is 11.9. The van der Waals surface area contributed by atoms with Crippen molar-refractivity contribution in [2.45, 2.75) is 12.8 Å². The average Bonchev–Trinajstić information content (AvgIpc) is 2.46. The minimum absolute atomic E-state index is 0.687. The third kappa shape index (κ3) is 1.34. The lowest BCUT2D eigenvalue weighted by molar-refractivity contribution is 0.359. The Bertz CT molecular complexity index is 692. The van der Waals surface area contributed by atoms with Crippen molar-refractivity contribution in [3.8, 4) is 5.75 Å². The Morgan fingerprint density at radius 3 is 2.83 bits per heavy atom. The Kier molecular flexibility index (Phi) is 2.07. The van der Waals surface area contributed by atoms with Gasteiger partial charge in [-0.05, 0) is 46.9 Å². The predicted molar refractivity (Wildman–Crippen MR) is 75.8 cm³/mol. The summed E-state index contributed by atoms with van der Waals surface area (Å²) in [6.07, 6.45) is 11.1. The highest BCUT2D eigenvalue weighted by Gasteiger charge is 2.14. The van der Waals surface area contributed by atoms with Gasteiger partial charge in [-0.15, -0.1) is 0 Å².